The van der Waals surface area contributed by atoms with Crippen LogP contribution in [0.5, 0.6) is 0 Å². The second kappa shape index (κ2) is 9.82. The molecule has 0 bridgehead atoms. The minimum atomic E-state index is -4.44. The topological polar surface area (TPSA) is 92.8 Å². The molecule has 1 unspecified atom stereocenters. The van der Waals surface area contributed by atoms with E-state index in [0.717, 1.165) is 18.4 Å². The molecule has 1 N–H and O–H groups in total. The van der Waals surface area contributed by atoms with Crippen LogP contribution in [-0.2, 0) is 30.5 Å². The summed E-state index contributed by atoms with van der Waals surface area (Å²) in [4.78, 5) is 24.4. The van der Waals surface area contributed by atoms with Crippen molar-refractivity contribution in [2.24, 2.45) is 0 Å². The van der Waals surface area contributed by atoms with E-state index >= 15 is 0 Å². The van der Waals surface area contributed by atoms with E-state index < -0.39 is 45.8 Å². The standard InChI is InChI=1S/C20H25F3N2O5S/c1-13(19(27)30-17-8-10-25(11-9-17)31(3,28)29)12-18(26)24-14(2)15-4-6-16(7-5-15)20(21,22)23/h4-7,14,17H,1,8-12H2,2-3H3,(H,24,26). The van der Waals surface area contributed by atoms with Gasteiger partial charge >= 0.3 is 12.1 Å². The van der Waals surface area contributed by atoms with Gasteiger partial charge in [-0.15, -0.1) is 0 Å². The summed E-state index contributed by atoms with van der Waals surface area (Å²) in [5, 5.41) is 2.60. The van der Waals surface area contributed by atoms with Crippen molar-refractivity contribution < 1.29 is 35.9 Å². The fourth-order valence-electron chi connectivity index (χ4n) is 3.12. The van der Waals surface area contributed by atoms with Gasteiger partial charge in [0.1, 0.15) is 6.10 Å². The zero-order chi connectivity index (χ0) is 23.4. The maximum Gasteiger partial charge on any atom is 0.416 e. The Bertz CT molecular complexity index is 921. The Kier molecular flexibility index (Phi) is 7.87. The maximum atomic E-state index is 12.6. The molecule has 31 heavy (non-hydrogen) atoms. The van der Waals surface area contributed by atoms with Crippen LogP contribution in [0, 0.1) is 0 Å². The molecule has 2 rings (SSSR count). The highest BCUT2D eigenvalue weighted by Crippen LogP contribution is 2.30. The fraction of sp³-hybridized carbons (Fsp3) is 0.500. The summed E-state index contributed by atoms with van der Waals surface area (Å²) in [5.41, 5.74) is -0.372. The molecular formula is C20H25F3N2O5S. The number of ether oxygens (including phenoxy) is 1. The van der Waals surface area contributed by atoms with Gasteiger partial charge in [-0.1, -0.05) is 18.7 Å². The van der Waals surface area contributed by atoms with Crippen molar-refractivity contribution in [2.45, 2.75) is 44.5 Å². The van der Waals surface area contributed by atoms with Crippen LogP contribution in [0.25, 0.3) is 0 Å². The van der Waals surface area contributed by atoms with Crippen LogP contribution in [0.3, 0.4) is 0 Å². The predicted molar refractivity (Wildman–Crippen MR) is 107 cm³/mol. The third-order valence-corrected chi connectivity index (χ3v) is 6.22. The molecule has 1 aromatic rings. The molecule has 0 aliphatic carbocycles. The molecular weight excluding hydrogens is 437 g/mol. The summed E-state index contributed by atoms with van der Waals surface area (Å²) in [7, 11) is -3.29. The Morgan fingerprint density at radius 1 is 1.23 bits per heavy atom. The third-order valence-electron chi connectivity index (χ3n) is 4.92. The Morgan fingerprint density at radius 2 is 1.77 bits per heavy atom. The van der Waals surface area contributed by atoms with Crippen molar-refractivity contribution in [3.05, 3.63) is 47.5 Å². The lowest BCUT2D eigenvalue weighted by Crippen LogP contribution is -2.41. The normalized spacial score (nSPS) is 17.1. The van der Waals surface area contributed by atoms with Crippen LogP contribution in [-0.4, -0.2) is 50.0 Å². The lowest BCUT2D eigenvalue weighted by atomic mass is 10.1. The average Bonchev–Trinajstić information content (AvgIpc) is 2.67. The van der Waals surface area contributed by atoms with E-state index in [1.807, 2.05) is 0 Å². The van der Waals surface area contributed by atoms with Crippen LogP contribution < -0.4 is 5.32 Å². The van der Waals surface area contributed by atoms with Crippen molar-refractivity contribution in [2.75, 3.05) is 19.3 Å². The zero-order valence-electron chi connectivity index (χ0n) is 17.2. The number of benzene rings is 1. The molecule has 1 saturated heterocycles. The fourth-order valence-corrected chi connectivity index (χ4v) is 3.99. The van der Waals surface area contributed by atoms with E-state index in [1.54, 1.807) is 6.92 Å². The van der Waals surface area contributed by atoms with Gasteiger partial charge < -0.3 is 10.1 Å². The largest absolute Gasteiger partial charge is 0.459 e. The van der Waals surface area contributed by atoms with E-state index in [2.05, 4.69) is 11.9 Å². The van der Waals surface area contributed by atoms with Crippen LogP contribution in [0.4, 0.5) is 13.2 Å². The van der Waals surface area contributed by atoms with Crippen LogP contribution in [0.15, 0.2) is 36.4 Å². The first-order chi connectivity index (χ1) is 14.3. The molecule has 11 heteroatoms. The van der Waals surface area contributed by atoms with E-state index in [4.69, 9.17) is 4.74 Å². The second-order valence-electron chi connectivity index (χ2n) is 7.46. The first-order valence-corrected chi connectivity index (χ1v) is 11.4. The number of nitrogens with one attached hydrogen (secondary N) is 1. The van der Waals surface area contributed by atoms with E-state index in [-0.39, 0.29) is 25.1 Å². The monoisotopic (exact) mass is 462 g/mol. The van der Waals surface area contributed by atoms with Gasteiger partial charge in [0.15, 0.2) is 0 Å². The Balaban J connectivity index is 1.81. The SMILES string of the molecule is C=C(CC(=O)NC(C)c1ccc(C(F)(F)F)cc1)C(=O)OC1CCN(S(C)(=O)=O)CC1. The number of sulfonamides is 1. The van der Waals surface area contributed by atoms with Crippen molar-refractivity contribution in [3.8, 4) is 0 Å². The molecule has 0 saturated carbocycles. The quantitative estimate of drug-likeness (QED) is 0.497. The molecule has 7 nitrogen and oxygen atoms in total. The summed E-state index contributed by atoms with van der Waals surface area (Å²) >= 11 is 0. The highest BCUT2D eigenvalue weighted by atomic mass is 32.2. The number of carbonyl (C=O) groups is 2. The molecule has 0 aromatic heterocycles. The molecule has 1 aromatic carbocycles. The lowest BCUT2D eigenvalue weighted by Gasteiger charge is -2.30. The van der Waals surface area contributed by atoms with Crippen molar-refractivity contribution >= 4 is 21.9 Å². The first-order valence-electron chi connectivity index (χ1n) is 9.57. The summed E-state index contributed by atoms with van der Waals surface area (Å²) < 4.78 is 67.5. The summed E-state index contributed by atoms with van der Waals surface area (Å²) in [5.74, 6) is -1.27. The lowest BCUT2D eigenvalue weighted by molar-refractivity contribution is -0.146. The molecule has 1 amide bonds. The van der Waals surface area contributed by atoms with Crippen molar-refractivity contribution in [1.82, 2.24) is 9.62 Å². The highest BCUT2D eigenvalue weighted by molar-refractivity contribution is 7.88. The van der Waals surface area contributed by atoms with Gasteiger partial charge in [-0.3, -0.25) is 4.79 Å². The second-order valence-corrected chi connectivity index (χ2v) is 9.44. The number of hydrogen-bond acceptors (Lipinski definition) is 5. The third kappa shape index (κ3) is 7.35. The van der Waals surface area contributed by atoms with E-state index in [0.29, 0.717) is 18.4 Å². The number of halogens is 3. The number of piperidine rings is 1. The number of esters is 1. The molecule has 0 radical (unpaired) electrons. The van der Waals surface area contributed by atoms with E-state index in [9.17, 15) is 31.2 Å². The van der Waals surface area contributed by atoms with Crippen LogP contribution in [0.2, 0.25) is 0 Å². The van der Waals surface area contributed by atoms with E-state index in [1.165, 1.54) is 16.4 Å². The minimum Gasteiger partial charge on any atom is -0.459 e. The minimum absolute atomic E-state index is 0.0670. The first kappa shape index (κ1) is 24.9. The van der Waals surface area contributed by atoms with Gasteiger partial charge in [0.25, 0.3) is 0 Å². The molecule has 1 aliphatic heterocycles. The molecule has 1 aliphatic rings. The van der Waals surface area contributed by atoms with Crippen LogP contribution in [0.1, 0.15) is 43.4 Å². The maximum absolute atomic E-state index is 12.6. The number of carbonyl (C=O) groups excluding carboxylic acids is 2. The number of alkyl halides is 3. The number of nitrogens with zero attached hydrogens (tertiary/aromatic N) is 1. The number of amides is 1. The Morgan fingerprint density at radius 3 is 2.26 bits per heavy atom. The van der Waals surface area contributed by atoms with Crippen molar-refractivity contribution in [1.29, 1.82) is 0 Å². The van der Waals surface area contributed by atoms with Gasteiger partial charge in [0.2, 0.25) is 15.9 Å². The number of rotatable bonds is 7. The smallest absolute Gasteiger partial charge is 0.416 e. The van der Waals surface area contributed by atoms with Gasteiger partial charge in [0.05, 0.1) is 24.3 Å². The average molecular weight is 462 g/mol. The summed E-state index contributed by atoms with van der Waals surface area (Å²) in [6, 6.07) is 3.85. The molecule has 0 spiro atoms. The summed E-state index contributed by atoms with van der Waals surface area (Å²) in [6.07, 6.45) is -3.41. The zero-order valence-corrected chi connectivity index (χ0v) is 18.1. The summed E-state index contributed by atoms with van der Waals surface area (Å²) in [6.45, 7) is 5.66. The van der Waals surface area contributed by atoms with Crippen LogP contribution >= 0.6 is 0 Å². The molecule has 1 fully saturated rings. The van der Waals surface area contributed by atoms with Gasteiger partial charge in [0, 0.05) is 18.7 Å². The molecule has 172 valence electrons. The highest BCUT2D eigenvalue weighted by Gasteiger charge is 2.30. The molecule has 1 atom stereocenters. The number of hydrogen-bond donors (Lipinski definition) is 1. The molecule has 1 heterocycles. The Hall–Kier alpha value is -2.40. The van der Waals surface area contributed by atoms with Crippen molar-refractivity contribution in [3.63, 3.8) is 0 Å². The van der Waals surface area contributed by atoms with Gasteiger partial charge in [-0.05, 0) is 37.5 Å². The Labute approximate surface area is 179 Å². The van der Waals surface area contributed by atoms with Gasteiger partial charge in [-0.25, -0.2) is 17.5 Å². The predicted octanol–water partition coefficient (Wildman–Crippen LogP) is 2.80. The van der Waals surface area contributed by atoms with Gasteiger partial charge in [-0.2, -0.15) is 13.2 Å².